The predicted molar refractivity (Wildman–Crippen MR) is 120 cm³/mol. The number of ether oxygens (including phenoxy) is 4. The van der Waals surface area contributed by atoms with E-state index in [1.165, 1.54) is 5.56 Å². The van der Waals surface area contributed by atoms with Gasteiger partial charge in [-0.05, 0) is 47.9 Å². The summed E-state index contributed by atoms with van der Waals surface area (Å²) >= 11 is 0. The predicted octanol–water partition coefficient (Wildman–Crippen LogP) is 4.36. The van der Waals surface area contributed by atoms with E-state index in [4.69, 9.17) is 18.9 Å². The zero-order valence-corrected chi connectivity index (χ0v) is 18.2. The Labute approximate surface area is 187 Å². The number of methoxy groups -OCH3 is 1. The van der Waals surface area contributed by atoms with E-state index in [1.54, 1.807) is 7.11 Å². The molecule has 2 aliphatic heterocycles. The van der Waals surface area contributed by atoms with Crippen LogP contribution in [0.5, 0.6) is 23.0 Å². The van der Waals surface area contributed by atoms with Crippen LogP contribution in [0.2, 0.25) is 0 Å². The lowest BCUT2D eigenvalue weighted by atomic mass is 10.00. The second-order valence-corrected chi connectivity index (χ2v) is 8.06. The van der Waals surface area contributed by atoms with Gasteiger partial charge in [-0.3, -0.25) is 4.79 Å². The number of hydrogen-bond donors (Lipinski definition) is 0. The first-order chi connectivity index (χ1) is 15.6. The zero-order valence-electron chi connectivity index (χ0n) is 18.2. The minimum absolute atomic E-state index is 0.0417. The van der Waals surface area contributed by atoms with E-state index in [-0.39, 0.29) is 12.7 Å². The molecule has 1 amide bonds. The molecular weight excluding hydrogens is 406 g/mol. The van der Waals surface area contributed by atoms with Crippen LogP contribution in [0.1, 0.15) is 16.7 Å². The van der Waals surface area contributed by atoms with Crippen molar-refractivity contribution in [1.29, 1.82) is 0 Å². The molecule has 0 fully saturated rings. The Morgan fingerprint density at radius 3 is 2.59 bits per heavy atom. The van der Waals surface area contributed by atoms with Crippen molar-refractivity contribution in [3.05, 3.63) is 71.3 Å². The van der Waals surface area contributed by atoms with Crippen molar-refractivity contribution in [2.45, 2.75) is 19.9 Å². The maximum atomic E-state index is 13.1. The average molecular weight is 431 g/mol. The van der Waals surface area contributed by atoms with Crippen LogP contribution in [-0.4, -0.2) is 37.9 Å². The Bertz CT molecular complexity index is 1160. The van der Waals surface area contributed by atoms with Gasteiger partial charge in [0.1, 0.15) is 6.61 Å². The van der Waals surface area contributed by atoms with Crippen LogP contribution in [0.25, 0.3) is 11.1 Å². The van der Waals surface area contributed by atoms with Gasteiger partial charge in [-0.25, -0.2) is 0 Å². The van der Waals surface area contributed by atoms with Gasteiger partial charge in [0.05, 0.1) is 20.1 Å². The molecule has 0 bridgehead atoms. The Kier molecular flexibility index (Phi) is 5.35. The first-order valence-corrected chi connectivity index (χ1v) is 10.7. The third kappa shape index (κ3) is 3.96. The van der Waals surface area contributed by atoms with E-state index in [0.717, 1.165) is 22.3 Å². The summed E-state index contributed by atoms with van der Waals surface area (Å²) < 4.78 is 22.5. The summed E-state index contributed by atoms with van der Waals surface area (Å²) in [4.78, 5) is 15.0. The minimum atomic E-state index is 0.0417. The van der Waals surface area contributed by atoms with E-state index in [0.29, 0.717) is 49.1 Å². The topological polar surface area (TPSA) is 57.2 Å². The van der Waals surface area contributed by atoms with Crippen molar-refractivity contribution in [2.24, 2.45) is 0 Å². The molecule has 0 aromatic heterocycles. The number of carbonyl (C=O) groups is 1. The van der Waals surface area contributed by atoms with Gasteiger partial charge in [-0.2, -0.15) is 0 Å². The molecule has 6 nitrogen and oxygen atoms in total. The molecule has 0 N–H and O–H groups in total. The summed E-state index contributed by atoms with van der Waals surface area (Å²) in [5, 5.41) is 0. The van der Waals surface area contributed by atoms with Crippen molar-refractivity contribution in [3.8, 4) is 34.1 Å². The molecule has 0 spiro atoms. The number of hydrogen-bond acceptors (Lipinski definition) is 5. The maximum Gasteiger partial charge on any atom is 0.231 e. The molecule has 0 radical (unpaired) electrons. The quantitative estimate of drug-likeness (QED) is 0.614. The molecule has 2 aliphatic rings. The lowest BCUT2D eigenvalue weighted by Gasteiger charge is -2.20. The number of fused-ring (bicyclic) bond motifs is 2. The lowest BCUT2D eigenvalue weighted by Crippen LogP contribution is -2.33. The van der Waals surface area contributed by atoms with Crippen LogP contribution in [0.4, 0.5) is 0 Å². The highest BCUT2D eigenvalue weighted by atomic mass is 16.7. The van der Waals surface area contributed by atoms with Gasteiger partial charge in [0.2, 0.25) is 12.7 Å². The van der Waals surface area contributed by atoms with Crippen LogP contribution < -0.4 is 18.9 Å². The molecule has 3 aromatic rings. The van der Waals surface area contributed by atoms with Gasteiger partial charge in [-0.1, -0.05) is 35.9 Å². The third-order valence-electron chi connectivity index (χ3n) is 5.85. The number of amides is 1. The number of rotatable bonds is 4. The number of aryl methyl sites for hydroxylation is 1. The summed E-state index contributed by atoms with van der Waals surface area (Å²) in [7, 11) is 1.64. The molecule has 6 heteroatoms. The lowest BCUT2D eigenvalue weighted by molar-refractivity contribution is -0.131. The van der Waals surface area contributed by atoms with Crippen LogP contribution in [0, 0.1) is 6.92 Å². The maximum absolute atomic E-state index is 13.1. The molecule has 0 saturated carbocycles. The van der Waals surface area contributed by atoms with Crippen LogP contribution in [-0.2, 0) is 17.8 Å². The smallest absolute Gasteiger partial charge is 0.231 e. The normalized spacial score (nSPS) is 14.4. The van der Waals surface area contributed by atoms with Crippen molar-refractivity contribution in [3.63, 3.8) is 0 Å². The van der Waals surface area contributed by atoms with Crippen molar-refractivity contribution < 1.29 is 23.7 Å². The largest absolute Gasteiger partial charge is 0.493 e. The van der Waals surface area contributed by atoms with Crippen LogP contribution >= 0.6 is 0 Å². The average Bonchev–Trinajstić information content (AvgIpc) is 3.16. The van der Waals surface area contributed by atoms with E-state index >= 15 is 0 Å². The van der Waals surface area contributed by atoms with Gasteiger partial charge in [0.25, 0.3) is 0 Å². The summed E-state index contributed by atoms with van der Waals surface area (Å²) in [6.45, 7) is 3.69. The fraction of sp³-hybridized carbons (Fsp3) is 0.269. The van der Waals surface area contributed by atoms with Crippen molar-refractivity contribution >= 4 is 5.91 Å². The molecular formula is C26H25NO5. The highest BCUT2D eigenvalue weighted by Gasteiger charge is 2.24. The van der Waals surface area contributed by atoms with Gasteiger partial charge in [0, 0.05) is 12.1 Å². The second kappa shape index (κ2) is 8.46. The molecule has 0 aliphatic carbocycles. The Morgan fingerprint density at radius 2 is 1.78 bits per heavy atom. The van der Waals surface area contributed by atoms with E-state index in [9.17, 15) is 4.79 Å². The summed E-state index contributed by atoms with van der Waals surface area (Å²) in [5.41, 5.74) is 5.18. The van der Waals surface area contributed by atoms with Gasteiger partial charge >= 0.3 is 0 Å². The summed E-state index contributed by atoms with van der Waals surface area (Å²) in [6, 6.07) is 18.1. The van der Waals surface area contributed by atoms with Gasteiger partial charge in [-0.15, -0.1) is 0 Å². The summed E-state index contributed by atoms with van der Waals surface area (Å²) in [6.07, 6.45) is 0.292. The Morgan fingerprint density at radius 1 is 0.969 bits per heavy atom. The molecule has 3 aromatic carbocycles. The minimum Gasteiger partial charge on any atom is -0.493 e. The second-order valence-electron chi connectivity index (χ2n) is 8.06. The highest BCUT2D eigenvalue weighted by Crippen LogP contribution is 2.38. The number of benzene rings is 3. The molecule has 0 unspecified atom stereocenters. The standard InChI is InChI=1S/C26H25NO5/c1-17-3-6-19(7-4-17)20-13-21-15-27(9-10-30-26(21)24(14-20)29-2)25(28)12-18-5-8-22-23(11-18)32-16-31-22/h3-8,11,13-14H,9-10,12,15-16H2,1-2H3. The molecule has 5 rings (SSSR count). The van der Waals surface area contributed by atoms with E-state index in [1.807, 2.05) is 29.2 Å². The fourth-order valence-electron chi connectivity index (χ4n) is 4.10. The molecule has 2 heterocycles. The molecule has 0 saturated heterocycles. The molecule has 164 valence electrons. The van der Waals surface area contributed by atoms with Crippen LogP contribution in [0.3, 0.4) is 0 Å². The SMILES string of the molecule is COc1cc(-c2ccc(C)cc2)cc2c1OCCN(C(=O)Cc1ccc3c(c1)OCO3)C2. The van der Waals surface area contributed by atoms with Crippen molar-refractivity contribution in [1.82, 2.24) is 4.90 Å². The highest BCUT2D eigenvalue weighted by molar-refractivity contribution is 5.79. The first-order valence-electron chi connectivity index (χ1n) is 10.7. The number of carbonyl (C=O) groups excluding carboxylic acids is 1. The van der Waals surface area contributed by atoms with E-state index in [2.05, 4.69) is 37.3 Å². The van der Waals surface area contributed by atoms with E-state index < -0.39 is 0 Å². The Hall–Kier alpha value is -3.67. The number of nitrogens with zero attached hydrogens (tertiary/aromatic N) is 1. The first kappa shape index (κ1) is 20.2. The van der Waals surface area contributed by atoms with Crippen molar-refractivity contribution in [2.75, 3.05) is 27.1 Å². The fourth-order valence-corrected chi connectivity index (χ4v) is 4.10. The molecule has 32 heavy (non-hydrogen) atoms. The van der Waals surface area contributed by atoms with Crippen LogP contribution in [0.15, 0.2) is 54.6 Å². The Balaban J connectivity index is 1.40. The van der Waals surface area contributed by atoms with Gasteiger partial charge in [0.15, 0.2) is 23.0 Å². The zero-order chi connectivity index (χ0) is 22.1. The molecule has 0 atom stereocenters. The monoisotopic (exact) mass is 431 g/mol. The summed E-state index contributed by atoms with van der Waals surface area (Å²) in [5.74, 6) is 2.84. The third-order valence-corrected chi connectivity index (χ3v) is 5.85. The van der Waals surface area contributed by atoms with Gasteiger partial charge < -0.3 is 23.8 Å².